The summed E-state index contributed by atoms with van der Waals surface area (Å²) in [5.41, 5.74) is 1.50. The lowest BCUT2D eigenvalue weighted by molar-refractivity contribution is -0.135. The van der Waals surface area contributed by atoms with E-state index in [1.807, 2.05) is 15.6 Å². The van der Waals surface area contributed by atoms with Crippen LogP contribution in [-0.4, -0.2) is 81.6 Å². The van der Waals surface area contributed by atoms with E-state index in [4.69, 9.17) is 0 Å². The number of piperidine rings is 1. The maximum Gasteiger partial charge on any atom is 0.319 e. The number of amides is 4. The Balaban J connectivity index is 1.82. The predicted octanol–water partition coefficient (Wildman–Crippen LogP) is 1.16. The van der Waals surface area contributed by atoms with E-state index in [2.05, 4.69) is 32.6 Å². The zero-order valence-electron chi connectivity index (χ0n) is 18.0. The predicted molar refractivity (Wildman–Crippen MR) is 116 cm³/mol. The molecule has 4 heterocycles. The third kappa shape index (κ3) is 3.56. The van der Waals surface area contributed by atoms with Crippen LogP contribution in [0.25, 0.3) is 21.9 Å². The highest BCUT2D eigenvalue weighted by atomic mass is 16.2. The van der Waals surface area contributed by atoms with Crippen molar-refractivity contribution in [3.05, 3.63) is 18.5 Å². The quantitative estimate of drug-likeness (QED) is 0.530. The van der Waals surface area contributed by atoms with Gasteiger partial charge in [-0.2, -0.15) is 5.10 Å². The summed E-state index contributed by atoms with van der Waals surface area (Å²) in [4.78, 5) is 47.4. The molecule has 1 saturated heterocycles. The molecular weight excluding hydrogens is 400 g/mol. The van der Waals surface area contributed by atoms with Gasteiger partial charge in [-0.3, -0.25) is 14.3 Å². The molecule has 3 N–H and O–H groups in total. The molecule has 164 valence electrons. The van der Waals surface area contributed by atoms with E-state index >= 15 is 0 Å². The molecule has 0 radical (unpaired) electrons. The first kappa shape index (κ1) is 20.6. The van der Waals surface area contributed by atoms with Gasteiger partial charge >= 0.3 is 17.8 Å². The fourth-order valence-electron chi connectivity index (χ4n) is 4.06. The molecule has 4 rings (SSSR count). The average molecular weight is 426 g/mol. The van der Waals surface area contributed by atoms with Crippen molar-refractivity contribution in [2.75, 3.05) is 39.5 Å². The van der Waals surface area contributed by atoms with E-state index in [-0.39, 0.29) is 23.8 Å². The smallest absolute Gasteiger partial charge is 0.319 e. The van der Waals surface area contributed by atoms with Gasteiger partial charge in [-0.1, -0.05) is 6.92 Å². The first-order chi connectivity index (χ1) is 14.8. The molecule has 0 bridgehead atoms. The van der Waals surface area contributed by atoms with E-state index in [9.17, 15) is 14.4 Å². The van der Waals surface area contributed by atoms with Crippen LogP contribution in [0.3, 0.4) is 0 Å². The molecule has 0 spiro atoms. The third-order valence-electron chi connectivity index (χ3n) is 5.80. The van der Waals surface area contributed by atoms with Crippen LogP contribution < -0.4 is 10.6 Å². The maximum atomic E-state index is 12.6. The van der Waals surface area contributed by atoms with Crippen LogP contribution in [0.2, 0.25) is 0 Å². The van der Waals surface area contributed by atoms with Gasteiger partial charge in [0.05, 0.1) is 16.9 Å². The number of aromatic amines is 1. The maximum absolute atomic E-state index is 12.6. The van der Waals surface area contributed by atoms with Crippen molar-refractivity contribution in [2.45, 2.75) is 19.4 Å². The number of rotatable bonds is 2. The van der Waals surface area contributed by atoms with Gasteiger partial charge in [0.2, 0.25) is 0 Å². The molecule has 3 aromatic heterocycles. The highest BCUT2D eigenvalue weighted by Crippen LogP contribution is 2.35. The van der Waals surface area contributed by atoms with Gasteiger partial charge in [-0.15, -0.1) is 0 Å². The van der Waals surface area contributed by atoms with Crippen molar-refractivity contribution < 1.29 is 14.4 Å². The number of hydrogen-bond donors (Lipinski definition) is 3. The minimum Gasteiger partial charge on any atom is -0.351 e. The number of nitrogens with zero attached hydrogens (tertiary/aromatic N) is 5. The zero-order chi connectivity index (χ0) is 22.3. The summed E-state index contributed by atoms with van der Waals surface area (Å²) < 4.78 is 1.87. The number of likely N-dealkylation sites (tertiary alicyclic amines) is 1. The summed E-state index contributed by atoms with van der Waals surface area (Å²) in [6.07, 6.45) is 4.25. The second-order valence-electron chi connectivity index (χ2n) is 8.04. The number of aromatic nitrogens is 4. The average Bonchev–Trinajstić information content (AvgIpc) is 3.37. The molecule has 1 fully saturated rings. The number of carbonyl (C=O) groups is 3. The number of pyridine rings is 1. The van der Waals surface area contributed by atoms with Crippen LogP contribution in [0.4, 0.5) is 10.6 Å². The lowest BCUT2D eigenvalue weighted by Crippen LogP contribution is -2.47. The molecule has 1 aliphatic heterocycles. The molecular formula is C20H26N8O3. The number of urea groups is 1. The topological polar surface area (TPSA) is 128 Å². The third-order valence-corrected chi connectivity index (χ3v) is 5.80. The van der Waals surface area contributed by atoms with Crippen LogP contribution >= 0.6 is 0 Å². The SMILES string of the molecule is CNC(=O)C(=O)Nc1nn([C@H]2CN(C(=O)N(C)C)CC[C@H]2C)c2c1cnc1[nH]ccc12. The summed E-state index contributed by atoms with van der Waals surface area (Å²) in [7, 11) is 4.86. The number of H-pyrrole nitrogens is 1. The number of carbonyl (C=O) groups excluding carboxylic acids is 3. The summed E-state index contributed by atoms with van der Waals surface area (Å²) in [5, 5.41) is 11.1. The van der Waals surface area contributed by atoms with Crippen LogP contribution in [0.5, 0.6) is 0 Å². The standard InChI is InChI=1S/C20H26N8O3/c1-11-6-8-27(20(31)26(3)4)10-14(11)28-15-12-5-7-22-16(12)23-9-13(15)17(25-28)24-19(30)18(29)21-2/h5,7,9,11,14H,6,8,10H2,1-4H3,(H,21,29)(H,22,23)(H,24,25,30)/t11-,14+/m1/s1. The Labute approximate surface area is 178 Å². The van der Waals surface area contributed by atoms with Gasteiger partial charge in [0.1, 0.15) is 5.65 Å². The largest absolute Gasteiger partial charge is 0.351 e. The fraction of sp³-hybridized carbons (Fsp3) is 0.450. The van der Waals surface area contributed by atoms with Crippen LogP contribution in [-0.2, 0) is 9.59 Å². The minimum atomic E-state index is -0.802. The van der Waals surface area contributed by atoms with Crippen LogP contribution in [0.15, 0.2) is 18.5 Å². The Bertz CT molecular complexity index is 1160. The summed E-state index contributed by atoms with van der Waals surface area (Å²) in [6.45, 7) is 3.30. The molecule has 11 heteroatoms. The van der Waals surface area contributed by atoms with Crippen molar-refractivity contribution in [3.8, 4) is 0 Å². The Morgan fingerprint density at radius 3 is 2.71 bits per heavy atom. The van der Waals surface area contributed by atoms with Gasteiger partial charge in [0.25, 0.3) is 0 Å². The van der Waals surface area contributed by atoms with Gasteiger partial charge in [0.15, 0.2) is 5.82 Å². The molecule has 0 unspecified atom stereocenters. The van der Waals surface area contributed by atoms with Crippen LogP contribution in [0, 0.1) is 5.92 Å². The van der Waals surface area contributed by atoms with Crippen molar-refractivity contribution in [3.63, 3.8) is 0 Å². The first-order valence-corrected chi connectivity index (χ1v) is 10.2. The Hall–Kier alpha value is -3.63. The monoisotopic (exact) mass is 426 g/mol. The summed E-state index contributed by atoms with van der Waals surface area (Å²) >= 11 is 0. The molecule has 4 amide bonds. The van der Waals surface area contributed by atoms with Crippen molar-refractivity contribution in [1.29, 1.82) is 0 Å². The second-order valence-corrected chi connectivity index (χ2v) is 8.04. The highest BCUT2D eigenvalue weighted by Gasteiger charge is 2.33. The Morgan fingerprint density at radius 2 is 2.00 bits per heavy atom. The van der Waals surface area contributed by atoms with Crippen molar-refractivity contribution in [2.24, 2.45) is 5.92 Å². The number of nitrogens with one attached hydrogen (secondary N) is 3. The number of likely N-dealkylation sites (N-methyl/N-ethyl adjacent to an activating group) is 1. The molecule has 0 aliphatic carbocycles. The van der Waals surface area contributed by atoms with Crippen molar-refractivity contribution >= 4 is 45.6 Å². The van der Waals surface area contributed by atoms with E-state index in [1.54, 1.807) is 31.4 Å². The molecule has 0 saturated carbocycles. The molecule has 3 aromatic rings. The van der Waals surface area contributed by atoms with Gasteiger partial charge in [0, 0.05) is 52.0 Å². The van der Waals surface area contributed by atoms with Gasteiger partial charge < -0.3 is 25.4 Å². The molecule has 1 aliphatic rings. The summed E-state index contributed by atoms with van der Waals surface area (Å²) in [6, 6.07) is 1.75. The van der Waals surface area contributed by atoms with E-state index in [0.717, 1.165) is 17.3 Å². The number of hydrogen-bond acceptors (Lipinski definition) is 5. The van der Waals surface area contributed by atoms with Gasteiger partial charge in [-0.25, -0.2) is 9.78 Å². The van der Waals surface area contributed by atoms with Crippen LogP contribution in [0.1, 0.15) is 19.4 Å². The number of fused-ring (bicyclic) bond motifs is 3. The zero-order valence-corrected chi connectivity index (χ0v) is 18.0. The molecule has 11 nitrogen and oxygen atoms in total. The normalized spacial score (nSPS) is 18.9. The molecule has 2 atom stereocenters. The Morgan fingerprint density at radius 1 is 1.23 bits per heavy atom. The van der Waals surface area contributed by atoms with E-state index in [1.165, 1.54) is 7.05 Å². The van der Waals surface area contributed by atoms with E-state index in [0.29, 0.717) is 24.1 Å². The molecule has 0 aromatic carbocycles. The summed E-state index contributed by atoms with van der Waals surface area (Å²) in [5.74, 6) is -1.04. The number of anilines is 1. The highest BCUT2D eigenvalue weighted by molar-refractivity contribution is 6.40. The second kappa shape index (κ2) is 7.89. The minimum absolute atomic E-state index is 0.0463. The van der Waals surface area contributed by atoms with E-state index < -0.39 is 11.8 Å². The first-order valence-electron chi connectivity index (χ1n) is 10.2. The Kier molecular flexibility index (Phi) is 5.25. The lowest BCUT2D eigenvalue weighted by atomic mass is 9.93. The van der Waals surface area contributed by atoms with Gasteiger partial charge in [-0.05, 0) is 18.4 Å². The fourth-order valence-corrected chi connectivity index (χ4v) is 4.06. The lowest BCUT2D eigenvalue weighted by Gasteiger charge is -2.38. The van der Waals surface area contributed by atoms with Crippen molar-refractivity contribution in [1.82, 2.24) is 34.9 Å². The molecule has 31 heavy (non-hydrogen) atoms.